The number of hydrogen-bond acceptors (Lipinski definition) is 4. The number of carbonyl (C=O) groups is 1. The molecule has 0 radical (unpaired) electrons. The number of nitrogen functional groups attached to an aromatic ring is 1. The van der Waals surface area contributed by atoms with Crippen LogP contribution in [-0.2, 0) is 0 Å². The molecule has 5 nitrogen and oxygen atoms in total. The second-order valence-corrected chi connectivity index (χ2v) is 4.64. The van der Waals surface area contributed by atoms with Crippen molar-refractivity contribution in [3.05, 3.63) is 24.0 Å². The number of likely N-dealkylation sites (N-methyl/N-ethyl adjacent to an activating group) is 2. The summed E-state index contributed by atoms with van der Waals surface area (Å²) in [5, 5.41) is 0. The first-order valence-corrected chi connectivity index (χ1v) is 6.13. The van der Waals surface area contributed by atoms with Gasteiger partial charge in [0.15, 0.2) is 5.69 Å². The summed E-state index contributed by atoms with van der Waals surface area (Å²) in [4.78, 5) is 20.3. The van der Waals surface area contributed by atoms with Crippen LogP contribution in [0.15, 0.2) is 18.3 Å². The number of rotatable bonds is 5. The normalized spacial score (nSPS) is 12.5. The Hall–Kier alpha value is -1.62. The monoisotopic (exact) mass is 250 g/mol. The van der Waals surface area contributed by atoms with E-state index in [1.165, 1.54) is 0 Å². The van der Waals surface area contributed by atoms with E-state index in [2.05, 4.69) is 9.88 Å². The third kappa shape index (κ3) is 3.43. The molecule has 2 N–H and O–H groups in total. The molecule has 0 bridgehead atoms. The Morgan fingerprint density at radius 3 is 2.67 bits per heavy atom. The van der Waals surface area contributed by atoms with Crippen LogP contribution in [0.25, 0.3) is 0 Å². The minimum absolute atomic E-state index is 0.107. The van der Waals surface area contributed by atoms with Gasteiger partial charge in [-0.2, -0.15) is 0 Å². The third-order valence-corrected chi connectivity index (χ3v) is 2.80. The van der Waals surface area contributed by atoms with Crippen molar-refractivity contribution in [1.29, 1.82) is 0 Å². The van der Waals surface area contributed by atoms with Crippen molar-refractivity contribution in [2.24, 2.45) is 0 Å². The van der Waals surface area contributed by atoms with E-state index in [-0.39, 0.29) is 11.9 Å². The van der Waals surface area contributed by atoms with E-state index in [1.54, 1.807) is 23.2 Å². The van der Waals surface area contributed by atoms with Crippen LogP contribution in [0.5, 0.6) is 0 Å². The van der Waals surface area contributed by atoms with Gasteiger partial charge in [-0.25, -0.2) is 4.98 Å². The minimum Gasteiger partial charge on any atom is -0.397 e. The number of hydrogen-bond donors (Lipinski definition) is 1. The van der Waals surface area contributed by atoms with E-state index in [4.69, 9.17) is 5.73 Å². The molecule has 5 heteroatoms. The Labute approximate surface area is 109 Å². The Bertz CT molecular complexity index is 406. The second kappa shape index (κ2) is 6.35. The maximum Gasteiger partial charge on any atom is 0.274 e. The van der Waals surface area contributed by atoms with Gasteiger partial charge < -0.3 is 15.5 Å². The van der Waals surface area contributed by atoms with Crippen molar-refractivity contribution in [2.45, 2.75) is 19.9 Å². The number of pyridine rings is 1. The zero-order chi connectivity index (χ0) is 13.7. The number of nitrogens with zero attached hydrogens (tertiary/aromatic N) is 3. The highest BCUT2D eigenvalue weighted by atomic mass is 16.2. The smallest absolute Gasteiger partial charge is 0.274 e. The van der Waals surface area contributed by atoms with Crippen molar-refractivity contribution < 1.29 is 4.79 Å². The molecule has 0 fully saturated rings. The van der Waals surface area contributed by atoms with Crippen LogP contribution in [0.1, 0.15) is 24.3 Å². The second-order valence-electron chi connectivity index (χ2n) is 4.64. The molecule has 1 unspecified atom stereocenters. The molecule has 1 rings (SSSR count). The van der Waals surface area contributed by atoms with Gasteiger partial charge >= 0.3 is 0 Å². The molecule has 0 aliphatic heterocycles. The third-order valence-electron chi connectivity index (χ3n) is 2.80. The van der Waals surface area contributed by atoms with Crippen molar-refractivity contribution in [1.82, 2.24) is 14.8 Å². The number of amides is 1. The molecule has 0 aliphatic carbocycles. The van der Waals surface area contributed by atoms with Gasteiger partial charge in [-0.15, -0.1) is 0 Å². The maximum atomic E-state index is 12.4. The lowest BCUT2D eigenvalue weighted by atomic mass is 10.2. The van der Waals surface area contributed by atoms with Gasteiger partial charge in [-0.3, -0.25) is 4.79 Å². The summed E-state index contributed by atoms with van der Waals surface area (Å²) in [5.41, 5.74) is 6.56. The zero-order valence-corrected chi connectivity index (χ0v) is 11.6. The molecule has 0 saturated heterocycles. The zero-order valence-electron chi connectivity index (χ0n) is 11.6. The van der Waals surface area contributed by atoms with Gasteiger partial charge in [0.1, 0.15) is 0 Å². The molecule has 1 heterocycles. The van der Waals surface area contributed by atoms with Gasteiger partial charge in [0.2, 0.25) is 0 Å². The molecule has 1 aromatic rings. The average molecular weight is 250 g/mol. The first-order valence-electron chi connectivity index (χ1n) is 6.13. The van der Waals surface area contributed by atoms with Crippen LogP contribution in [0, 0.1) is 0 Å². The van der Waals surface area contributed by atoms with Crippen molar-refractivity contribution >= 4 is 11.6 Å². The van der Waals surface area contributed by atoms with E-state index in [0.29, 0.717) is 17.9 Å². The molecule has 0 aliphatic rings. The minimum atomic E-state index is -0.107. The molecule has 1 aromatic heterocycles. The molecule has 1 amide bonds. The molecule has 1 atom stereocenters. The van der Waals surface area contributed by atoms with E-state index in [0.717, 1.165) is 6.54 Å². The first kappa shape index (κ1) is 14.4. The highest BCUT2D eigenvalue weighted by Gasteiger charge is 2.22. The molecular weight excluding hydrogens is 228 g/mol. The van der Waals surface area contributed by atoms with Gasteiger partial charge in [0, 0.05) is 25.3 Å². The van der Waals surface area contributed by atoms with Crippen molar-refractivity contribution in [2.75, 3.05) is 32.9 Å². The standard InChI is InChI=1S/C13H22N4O/c1-5-17(10(2)9-16(3)4)13(18)12-11(14)7-6-8-15-12/h6-8,10H,5,9,14H2,1-4H3. The summed E-state index contributed by atoms with van der Waals surface area (Å²) in [7, 11) is 3.98. The van der Waals surface area contributed by atoms with E-state index in [9.17, 15) is 4.79 Å². The quantitative estimate of drug-likeness (QED) is 0.849. The van der Waals surface area contributed by atoms with Crippen LogP contribution in [0.3, 0.4) is 0 Å². The van der Waals surface area contributed by atoms with Crippen LogP contribution < -0.4 is 5.73 Å². The van der Waals surface area contributed by atoms with Gasteiger partial charge in [-0.1, -0.05) is 0 Å². The summed E-state index contributed by atoms with van der Waals surface area (Å²) >= 11 is 0. The molecule has 0 spiro atoms. The van der Waals surface area contributed by atoms with Gasteiger partial charge in [0.25, 0.3) is 5.91 Å². The SMILES string of the molecule is CCN(C(=O)c1ncccc1N)C(C)CN(C)C. The number of anilines is 1. The molecule has 18 heavy (non-hydrogen) atoms. The number of nitrogens with two attached hydrogens (primary N) is 1. The molecular formula is C13H22N4O. The summed E-state index contributed by atoms with van der Waals surface area (Å²) in [6, 6.07) is 3.55. The molecule has 100 valence electrons. The van der Waals surface area contributed by atoms with E-state index < -0.39 is 0 Å². The number of aromatic nitrogens is 1. The van der Waals surface area contributed by atoms with E-state index in [1.807, 2.05) is 27.9 Å². The molecule has 0 saturated carbocycles. The Morgan fingerprint density at radius 2 is 2.17 bits per heavy atom. The molecule has 0 aromatic carbocycles. The predicted octanol–water partition coefficient (Wildman–Crippen LogP) is 1.08. The lowest BCUT2D eigenvalue weighted by Gasteiger charge is -2.30. The van der Waals surface area contributed by atoms with Crippen LogP contribution in [0.2, 0.25) is 0 Å². The van der Waals surface area contributed by atoms with Gasteiger partial charge in [0.05, 0.1) is 5.69 Å². The van der Waals surface area contributed by atoms with E-state index >= 15 is 0 Å². The van der Waals surface area contributed by atoms with Crippen LogP contribution in [0.4, 0.5) is 5.69 Å². The summed E-state index contributed by atoms with van der Waals surface area (Å²) < 4.78 is 0. The first-order chi connectivity index (χ1) is 8.47. The average Bonchev–Trinajstić information content (AvgIpc) is 2.29. The summed E-state index contributed by atoms with van der Waals surface area (Å²) in [6.45, 7) is 5.44. The number of carbonyl (C=O) groups excluding carboxylic acids is 1. The Kier molecular flexibility index (Phi) is 5.09. The fraction of sp³-hybridized carbons (Fsp3) is 0.538. The Morgan fingerprint density at radius 1 is 1.50 bits per heavy atom. The summed E-state index contributed by atoms with van der Waals surface area (Å²) in [5.74, 6) is -0.107. The van der Waals surface area contributed by atoms with Crippen molar-refractivity contribution in [3.8, 4) is 0 Å². The van der Waals surface area contributed by atoms with Crippen LogP contribution >= 0.6 is 0 Å². The largest absolute Gasteiger partial charge is 0.397 e. The Balaban J connectivity index is 2.89. The predicted molar refractivity (Wildman–Crippen MR) is 73.4 cm³/mol. The fourth-order valence-corrected chi connectivity index (χ4v) is 2.01. The van der Waals surface area contributed by atoms with Gasteiger partial charge in [-0.05, 0) is 40.1 Å². The maximum absolute atomic E-state index is 12.4. The lowest BCUT2D eigenvalue weighted by molar-refractivity contribution is 0.0674. The highest BCUT2D eigenvalue weighted by Crippen LogP contribution is 2.12. The topological polar surface area (TPSA) is 62.5 Å². The highest BCUT2D eigenvalue weighted by molar-refractivity contribution is 5.97. The fourth-order valence-electron chi connectivity index (χ4n) is 2.01. The summed E-state index contributed by atoms with van der Waals surface area (Å²) in [6.07, 6.45) is 1.59. The van der Waals surface area contributed by atoms with Crippen LogP contribution in [-0.4, -0.2) is 53.9 Å². The lowest BCUT2D eigenvalue weighted by Crippen LogP contribution is -2.44. The van der Waals surface area contributed by atoms with Crippen molar-refractivity contribution in [3.63, 3.8) is 0 Å².